The van der Waals surface area contributed by atoms with E-state index in [1.807, 2.05) is 6.07 Å². The number of carbonyl (C=O) groups is 1. The lowest BCUT2D eigenvalue weighted by molar-refractivity contribution is -0.119. The van der Waals surface area contributed by atoms with Gasteiger partial charge < -0.3 is 10.6 Å². The lowest BCUT2D eigenvalue weighted by Gasteiger charge is -2.18. The number of amides is 1. The summed E-state index contributed by atoms with van der Waals surface area (Å²) in [6.45, 7) is 0.262. The summed E-state index contributed by atoms with van der Waals surface area (Å²) in [4.78, 5) is 13.7. The minimum absolute atomic E-state index is 0.262. The van der Waals surface area contributed by atoms with Crippen molar-refractivity contribution in [2.75, 3.05) is 4.90 Å². The highest BCUT2D eigenvalue weighted by Gasteiger charge is 2.34. The number of carbonyl (C=O) groups excluding carboxylic acids is 1. The smallest absolute Gasteiger partial charge is 0.248 e. The first-order valence-corrected chi connectivity index (χ1v) is 6.45. The summed E-state index contributed by atoms with van der Waals surface area (Å²) >= 11 is 0. The van der Waals surface area contributed by atoms with Gasteiger partial charge in [-0.3, -0.25) is 4.79 Å². The molecule has 1 atom stereocenters. The number of nitrogens with zero attached hydrogens (tertiary/aromatic N) is 2. The molecule has 1 unspecified atom stereocenters. The van der Waals surface area contributed by atoms with Gasteiger partial charge in [0, 0.05) is 5.56 Å². The predicted octanol–water partition coefficient (Wildman–Crippen LogP) is 2.24. The van der Waals surface area contributed by atoms with Gasteiger partial charge in [0.1, 0.15) is 11.9 Å². The molecule has 1 amide bonds. The molecule has 4 nitrogen and oxygen atoms in total. The Balaban J connectivity index is 1.98. The molecule has 2 aromatic rings. The molecule has 1 aliphatic rings. The summed E-state index contributed by atoms with van der Waals surface area (Å²) in [6, 6.07) is 12.4. The number of rotatable bonds is 2. The summed E-state index contributed by atoms with van der Waals surface area (Å²) in [5.74, 6) is -0.676. The number of halogens is 1. The Hall–Kier alpha value is -2.71. The molecular weight excluding hydrogens is 269 g/mol. The molecule has 0 saturated heterocycles. The van der Waals surface area contributed by atoms with Crippen LogP contribution in [-0.2, 0) is 11.3 Å². The third kappa shape index (κ3) is 2.26. The van der Waals surface area contributed by atoms with Crippen molar-refractivity contribution in [2.24, 2.45) is 5.73 Å². The summed E-state index contributed by atoms with van der Waals surface area (Å²) < 4.78 is 13.4. The normalized spacial score (nSPS) is 16.7. The molecular formula is C16H12FN3O. The van der Waals surface area contributed by atoms with Crippen LogP contribution in [0.25, 0.3) is 0 Å². The lowest BCUT2D eigenvalue weighted by atomic mass is 10.1. The number of benzene rings is 2. The van der Waals surface area contributed by atoms with E-state index >= 15 is 0 Å². The van der Waals surface area contributed by atoms with E-state index in [9.17, 15) is 9.18 Å². The maximum atomic E-state index is 13.4. The highest BCUT2D eigenvalue weighted by atomic mass is 19.1. The van der Waals surface area contributed by atoms with Gasteiger partial charge in [0.05, 0.1) is 23.9 Å². The van der Waals surface area contributed by atoms with Crippen LogP contribution in [0.15, 0.2) is 42.5 Å². The molecule has 104 valence electrons. The number of hydrogen-bond acceptors (Lipinski definition) is 3. The Morgan fingerprint density at radius 2 is 2.10 bits per heavy atom. The Morgan fingerprint density at radius 1 is 1.29 bits per heavy atom. The molecule has 0 aliphatic carbocycles. The Kier molecular flexibility index (Phi) is 3.16. The first kappa shape index (κ1) is 13.3. The largest absolute Gasteiger partial charge is 0.316 e. The molecule has 0 radical (unpaired) electrons. The van der Waals surface area contributed by atoms with Gasteiger partial charge in [0.25, 0.3) is 0 Å². The van der Waals surface area contributed by atoms with Gasteiger partial charge in [-0.25, -0.2) is 4.39 Å². The number of nitrogens with two attached hydrogens (primary N) is 1. The van der Waals surface area contributed by atoms with E-state index in [2.05, 4.69) is 6.07 Å². The summed E-state index contributed by atoms with van der Waals surface area (Å²) in [5.41, 5.74) is 8.31. The van der Waals surface area contributed by atoms with Gasteiger partial charge in [-0.05, 0) is 29.8 Å². The van der Waals surface area contributed by atoms with Crippen molar-refractivity contribution in [2.45, 2.75) is 12.6 Å². The molecule has 0 spiro atoms. The second-order valence-corrected chi connectivity index (χ2v) is 4.92. The average molecular weight is 281 g/mol. The van der Waals surface area contributed by atoms with Gasteiger partial charge in [-0.2, -0.15) is 5.26 Å². The predicted molar refractivity (Wildman–Crippen MR) is 75.7 cm³/mol. The first-order chi connectivity index (χ1) is 10.1. The van der Waals surface area contributed by atoms with Crippen molar-refractivity contribution in [3.63, 3.8) is 0 Å². The van der Waals surface area contributed by atoms with Crippen LogP contribution >= 0.6 is 0 Å². The van der Waals surface area contributed by atoms with Crippen molar-refractivity contribution in [3.05, 3.63) is 65.0 Å². The monoisotopic (exact) mass is 281 g/mol. The van der Waals surface area contributed by atoms with Crippen LogP contribution in [0.3, 0.4) is 0 Å². The zero-order valence-electron chi connectivity index (χ0n) is 11.1. The molecule has 5 heteroatoms. The van der Waals surface area contributed by atoms with Gasteiger partial charge in [-0.15, -0.1) is 0 Å². The molecule has 2 N–H and O–H groups in total. The van der Waals surface area contributed by atoms with Crippen molar-refractivity contribution >= 4 is 11.6 Å². The third-order valence-corrected chi connectivity index (χ3v) is 3.55. The Morgan fingerprint density at radius 3 is 2.86 bits per heavy atom. The van der Waals surface area contributed by atoms with Crippen molar-refractivity contribution in [3.8, 4) is 6.07 Å². The van der Waals surface area contributed by atoms with Crippen LogP contribution < -0.4 is 10.6 Å². The van der Waals surface area contributed by atoms with Gasteiger partial charge in [-0.1, -0.05) is 18.2 Å². The van der Waals surface area contributed by atoms with Crippen molar-refractivity contribution in [1.82, 2.24) is 0 Å². The van der Waals surface area contributed by atoms with Gasteiger partial charge in [0.15, 0.2) is 0 Å². The molecule has 1 heterocycles. The number of fused-ring (bicyclic) bond motifs is 1. The summed E-state index contributed by atoms with van der Waals surface area (Å²) in [5, 5.41) is 8.91. The SMILES string of the molecule is N#Cc1cccc(CN2C(=O)C(N)c3ccc(F)cc32)c1. The minimum Gasteiger partial charge on any atom is -0.316 e. The molecule has 21 heavy (non-hydrogen) atoms. The van der Waals surface area contributed by atoms with Crippen molar-refractivity contribution < 1.29 is 9.18 Å². The fraction of sp³-hybridized carbons (Fsp3) is 0.125. The second-order valence-electron chi connectivity index (χ2n) is 4.92. The topological polar surface area (TPSA) is 70.1 Å². The summed E-state index contributed by atoms with van der Waals surface area (Å²) in [6.07, 6.45) is 0. The standard InChI is InChI=1S/C16H12FN3O/c17-12-4-5-13-14(7-12)20(16(21)15(13)19)9-11-3-1-2-10(6-11)8-18/h1-7,15H,9,19H2. The van der Waals surface area contributed by atoms with Crippen LogP contribution in [0.1, 0.15) is 22.7 Å². The Labute approximate surface area is 121 Å². The van der Waals surface area contributed by atoms with E-state index in [4.69, 9.17) is 11.0 Å². The maximum absolute atomic E-state index is 13.4. The number of hydrogen-bond donors (Lipinski definition) is 1. The molecule has 3 rings (SSSR count). The molecule has 0 bridgehead atoms. The molecule has 0 aromatic heterocycles. The van der Waals surface area contributed by atoms with E-state index in [0.29, 0.717) is 16.8 Å². The molecule has 2 aromatic carbocycles. The first-order valence-electron chi connectivity index (χ1n) is 6.45. The lowest BCUT2D eigenvalue weighted by Crippen LogP contribution is -2.31. The second kappa shape index (κ2) is 5.00. The molecule has 0 fully saturated rings. The van der Waals surface area contributed by atoms with Crippen LogP contribution in [0, 0.1) is 17.1 Å². The quantitative estimate of drug-likeness (QED) is 0.917. The summed E-state index contributed by atoms with van der Waals surface area (Å²) in [7, 11) is 0. The van der Waals surface area contributed by atoms with E-state index in [1.54, 1.807) is 24.3 Å². The van der Waals surface area contributed by atoms with E-state index < -0.39 is 11.9 Å². The maximum Gasteiger partial charge on any atom is 0.248 e. The van der Waals surface area contributed by atoms with Crippen LogP contribution in [0.4, 0.5) is 10.1 Å². The number of anilines is 1. The van der Waals surface area contributed by atoms with E-state index in [-0.39, 0.29) is 12.5 Å². The zero-order valence-corrected chi connectivity index (χ0v) is 11.1. The average Bonchev–Trinajstić information content (AvgIpc) is 2.72. The van der Waals surface area contributed by atoms with Crippen LogP contribution in [0.2, 0.25) is 0 Å². The van der Waals surface area contributed by atoms with Crippen LogP contribution in [-0.4, -0.2) is 5.91 Å². The zero-order chi connectivity index (χ0) is 15.0. The number of nitriles is 1. The van der Waals surface area contributed by atoms with E-state index in [1.165, 1.54) is 17.0 Å². The Bertz CT molecular complexity index is 766. The highest BCUT2D eigenvalue weighted by Crippen LogP contribution is 2.36. The van der Waals surface area contributed by atoms with Crippen LogP contribution in [0.5, 0.6) is 0 Å². The van der Waals surface area contributed by atoms with E-state index in [0.717, 1.165) is 5.56 Å². The fourth-order valence-corrected chi connectivity index (χ4v) is 2.52. The molecule has 1 aliphatic heterocycles. The minimum atomic E-state index is -0.764. The molecule has 0 saturated carbocycles. The van der Waals surface area contributed by atoms with Crippen molar-refractivity contribution in [1.29, 1.82) is 5.26 Å². The third-order valence-electron chi connectivity index (χ3n) is 3.55. The highest BCUT2D eigenvalue weighted by molar-refractivity contribution is 6.04. The fourth-order valence-electron chi connectivity index (χ4n) is 2.52. The van der Waals surface area contributed by atoms with Gasteiger partial charge >= 0.3 is 0 Å². The van der Waals surface area contributed by atoms with Gasteiger partial charge in [0.2, 0.25) is 5.91 Å².